The smallest absolute Gasteiger partial charge is 0.264 e. The zero-order valence-corrected chi connectivity index (χ0v) is 17.7. The number of hydrogen-bond donors (Lipinski definition) is 1. The van der Waals surface area contributed by atoms with Crippen molar-refractivity contribution in [3.05, 3.63) is 65.0 Å². The Hall–Kier alpha value is -3.46. The predicted molar refractivity (Wildman–Crippen MR) is 114 cm³/mol. The highest BCUT2D eigenvalue weighted by Crippen LogP contribution is 2.31. The van der Waals surface area contributed by atoms with Gasteiger partial charge in [-0.05, 0) is 61.6 Å². The fraction of sp³-hybridized carbons (Fsp3) is 0.333. The van der Waals surface area contributed by atoms with E-state index < -0.39 is 11.6 Å². The summed E-state index contributed by atoms with van der Waals surface area (Å²) in [5, 5.41) is 12.2. The first-order chi connectivity index (χ1) is 14.1. The molecule has 154 valence electrons. The van der Waals surface area contributed by atoms with Crippen LogP contribution < -0.4 is 10.2 Å². The molecule has 0 fully saturated rings. The minimum Gasteiger partial charge on any atom is -0.378 e. The summed E-state index contributed by atoms with van der Waals surface area (Å²) in [6, 6.07) is 8.63. The highest BCUT2D eigenvalue weighted by molar-refractivity contribution is 6.49. The number of ketones is 2. The van der Waals surface area contributed by atoms with Crippen LogP contribution in [-0.2, 0) is 14.4 Å². The lowest BCUT2D eigenvalue weighted by Gasteiger charge is -2.33. The molecule has 2 aliphatic carbocycles. The van der Waals surface area contributed by atoms with Gasteiger partial charge in [0.05, 0.1) is 22.9 Å². The van der Waals surface area contributed by atoms with Gasteiger partial charge in [0.25, 0.3) is 5.91 Å². The van der Waals surface area contributed by atoms with Gasteiger partial charge >= 0.3 is 0 Å². The van der Waals surface area contributed by atoms with Gasteiger partial charge in [0.15, 0.2) is 0 Å². The van der Waals surface area contributed by atoms with E-state index in [1.54, 1.807) is 29.2 Å². The van der Waals surface area contributed by atoms with Crippen LogP contribution in [0.2, 0.25) is 0 Å². The number of anilines is 1. The number of amides is 1. The molecule has 1 aromatic rings. The highest BCUT2D eigenvalue weighted by Gasteiger charge is 2.34. The van der Waals surface area contributed by atoms with Gasteiger partial charge in [-0.15, -0.1) is 0 Å². The number of carbonyl (C=O) groups excluding carboxylic acids is 3. The zero-order chi connectivity index (χ0) is 22.1. The van der Waals surface area contributed by atoms with Crippen molar-refractivity contribution >= 4 is 23.2 Å². The number of rotatable bonds is 5. The lowest BCUT2D eigenvalue weighted by atomic mass is 9.87. The van der Waals surface area contributed by atoms with Gasteiger partial charge in [-0.3, -0.25) is 19.3 Å². The van der Waals surface area contributed by atoms with Gasteiger partial charge in [0, 0.05) is 17.4 Å². The van der Waals surface area contributed by atoms with E-state index in [4.69, 9.17) is 5.26 Å². The largest absolute Gasteiger partial charge is 0.378 e. The number of allylic oxidation sites excluding steroid dienone is 4. The molecule has 0 saturated carbocycles. The van der Waals surface area contributed by atoms with Crippen LogP contribution in [0.3, 0.4) is 0 Å². The van der Waals surface area contributed by atoms with E-state index in [-0.39, 0.29) is 28.6 Å². The fourth-order valence-corrected chi connectivity index (χ4v) is 3.01. The zero-order valence-electron chi connectivity index (χ0n) is 17.7. The molecule has 1 N–H and O–H groups in total. The van der Waals surface area contributed by atoms with Crippen molar-refractivity contribution in [2.24, 2.45) is 5.41 Å². The van der Waals surface area contributed by atoms with E-state index >= 15 is 0 Å². The molecule has 1 atom stereocenters. The number of nitrogens with one attached hydrogen (secondary N) is 1. The molecule has 3 rings (SSSR count). The molecule has 1 unspecified atom stereocenters. The summed E-state index contributed by atoms with van der Waals surface area (Å²) in [7, 11) is 0. The Bertz CT molecular complexity index is 1030. The van der Waals surface area contributed by atoms with Gasteiger partial charge in [-0.1, -0.05) is 26.8 Å². The molecule has 1 amide bonds. The third-order valence-corrected chi connectivity index (χ3v) is 5.54. The summed E-state index contributed by atoms with van der Waals surface area (Å²) in [6.07, 6.45) is 6.12. The minimum absolute atomic E-state index is 0.0356. The maximum Gasteiger partial charge on any atom is 0.264 e. The van der Waals surface area contributed by atoms with Crippen LogP contribution in [-0.4, -0.2) is 23.5 Å². The first kappa shape index (κ1) is 21.3. The van der Waals surface area contributed by atoms with Gasteiger partial charge in [-0.25, -0.2) is 0 Å². The van der Waals surface area contributed by atoms with Gasteiger partial charge < -0.3 is 5.32 Å². The molecule has 0 heterocycles. The summed E-state index contributed by atoms with van der Waals surface area (Å²) in [6.45, 7) is 7.96. The van der Waals surface area contributed by atoms with Crippen molar-refractivity contribution in [1.29, 1.82) is 5.26 Å². The van der Waals surface area contributed by atoms with Crippen LogP contribution in [0.15, 0.2) is 59.5 Å². The lowest BCUT2D eigenvalue weighted by Crippen LogP contribution is -2.44. The van der Waals surface area contributed by atoms with E-state index in [9.17, 15) is 14.4 Å². The number of benzene rings is 1. The van der Waals surface area contributed by atoms with Gasteiger partial charge in [0.2, 0.25) is 11.6 Å². The SMILES string of the molecule is CC(NC1=C(C(=O)N(C2=CCC2)c2ccc(C#N)cc2)C=CC(=O)C1=O)C(C)(C)C. The number of nitriles is 1. The van der Waals surface area contributed by atoms with E-state index in [0.717, 1.165) is 24.6 Å². The van der Waals surface area contributed by atoms with Crippen LogP contribution in [0.4, 0.5) is 5.69 Å². The van der Waals surface area contributed by atoms with Crippen LogP contribution in [0, 0.1) is 16.7 Å². The number of carbonyl (C=O) groups is 3. The Morgan fingerprint density at radius 2 is 1.80 bits per heavy atom. The van der Waals surface area contributed by atoms with Crippen LogP contribution in [0.25, 0.3) is 0 Å². The Kier molecular flexibility index (Phi) is 5.75. The topological polar surface area (TPSA) is 90.3 Å². The molecular weight excluding hydrogens is 378 g/mol. The average Bonchev–Trinajstić information content (AvgIpc) is 2.67. The Labute approximate surface area is 176 Å². The molecule has 2 aliphatic rings. The van der Waals surface area contributed by atoms with Crippen LogP contribution in [0.1, 0.15) is 46.1 Å². The fourth-order valence-electron chi connectivity index (χ4n) is 3.01. The second-order valence-corrected chi connectivity index (χ2v) is 8.58. The summed E-state index contributed by atoms with van der Waals surface area (Å²) in [5.41, 5.74) is 1.94. The molecular formula is C24H25N3O3. The normalized spacial score (nSPS) is 17.1. The minimum atomic E-state index is -0.709. The molecule has 6 heteroatoms. The number of nitrogens with zero attached hydrogens (tertiary/aromatic N) is 2. The predicted octanol–water partition coefficient (Wildman–Crippen LogP) is 3.56. The van der Waals surface area contributed by atoms with Crippen LogP contribution in [0.5, 0.6) is 0 Å². The van der Waals surface area contributed by atoms with E-state index in [2.05, 4.69) is 11.4 Å². The average molecular weight is 403 g/mol. The molecule has 0 aromatic heterocycles. The van der Waals surface area contributed by atoms with Crippen molar-refractivity contribution < 1.29 is 14.4 Å². The van der Waals surface area contributed by atoms with Crippen molar-refractivity contribution in [2.45, 2.75) is 46.6 Å². The van der Waals surface area contributed by atoms with E-state index in [0.29, 0.717) is 11.3 Å². The van der Waals surface area contributed by atoms with E-state index in [1.807, 2.05) is 33.8 Å². The second-order valence-electron chi connectivity index (χ2n) is 8.58. The molecule has 1 aromatic carbocycles. The van der Waals surface area contributed by atoms with Crippen LogP contribution >= 0.6 is 0 Å². The second kappa shape index (κ2) is 8.11. The molecule has 0 bridgehead atoms. The van der Waals surface area contributed by atoms with Crippen molar-refractivity contribution in [3.63, 3.8) is 0 Å². The van der Waals surface area contributed by atoms with Crippen molar-refractivity contribution in [2.75, 3.05) is 4.90 Å². The maximum absolute atomic E-state index is 13.6. The summed E-state index contributed by atoms with van der Waals surface area (Å²) >= 11 is 0. The van der Waals surface area contributed by atoms with Crippen molar-refractivity contribution in [3.8, 4) is 6.07 Å². The summed E-state index contributed by atoms with van der Waals surface area (Å²) in [5.74, 6) is -1.74. The molecule has 0 radical (unpaired) electrons. The maximum atomic E-state index is 13.6. The first-order valence-corrected chi connectivity index (χ1v) is 9.94. The molecule has 0 spiro atoms. The molecule has 0 aliphatic heterocycles. The number of hydrogen-bond acceptors (Lipinski definition) is 5. The van der Waals surface area contributed by atoms with E-state index in [1.165, 1.54) is 6.08 Å². The highest BCUT2D eigenvalue weighted by atomic mass is 16.2. The lowest BCUT2D eigenvalue weighted by molar-refractivity contribution is -0.132. The quantitative estimate of drug-likeness (QED) is 0.600. The first-order valence-electron chi connectivity index (χ1n) is 9.94. The number of Topliss-reactive ketones (excluding diaryl/α,β-unsaturated/α-hetero) is 1. The Morgan fingerprint density at radius 1 is 1.17 bits per heavy atom. The Morgan fingerprint density at radius 3 is 2.30 bits per heavy atom. The standard InChI is InChI=1S/C24H25N3O3/c1-15(24(2,3)4)26-21-19(12-13-20(28)22(21)29)23(30)27(17-6-5-7-17)18-10-8-16(14-25)9-11-18/h6,8-13,15,26H,5,7H2,1-4H3. The monoisotopic (exact) mass is 403 g/mol. The van der Waals surface area contributed by atoms with Gasteiger partial charge in [0.1, 0.15) is 0 Å². The molecule has 0 saturated heterocycles. The third kappa shape index (κ3) is 4.11. The molecule has 6 nitrogen and oxygen atoms in total. The summed E-state index contributed by atoms with van der Waals surface area (Å²) in [4.78, 5) is 39.8. The Balaban J connectivity index is 2.06. The third-order valence-electron chi connectivity index (χ3n) is 5.54. The van der Waals surface area contributed by atoms with Crippen molar-refractivity contribution in [1.82, 2.24) is 5.32 Å². The van der Waals surface area contributed by atoms with Gasteiger partial charge in [-0.2, -0.15) is 5.26 Å². The summed E-state index contributed by atoms with van der Waals surface area (Å²) < 4.78 is 0. The molecule has 30 heavy (non-hydrogen) atoms.